The largest absolute Gasteiger partial charge is 0.494 e. The van der Waals surface area contributed by atoms with Crippen LogP contribution in [0.2, 0.25) is 0 Å². The van der Waals surface area contributed by atoms with Crippen LogP contribution in [0.1, 0.15) is 117 Å². The zero-order valence-corrected chi connectivity index (χ0v) is 42.3. The van der Waals surface area contributed by atoms with Gasteiger partial charge in [-0.25, -0.2) is 0 Å². The number of fused-ring (bicyclic) bond motifs is 3. The molecule has 0 saturated heterocycles. The molecule has 8 aromatic rings. The topological polar surface area (TPSA) is 24.9 Å². The molecule has 0 aromatic heterocycles. The number of nitrogens with zero attached hydrogens (tertiary/aromatic N) is 2. The van der Waals surface area contributed by atoms with Gasteiger partial charge in [-0.15, -0.1) is 0 Å². The van der Waals surface area contributed by atoms with Crippen LogP contribution in [0.4, 0.5) is 34.1 Å². The summed E-state index contributed by atoms with van der Waals surface area (Å²) >= 11 is 0. The van der Waals surface area contributed by atoms with Gasteiger partial charge < -0.3 is 19.3 Å². The second-order valence-electron chi connectivity index (χ2n) is 19.3. The Morgan fingerprint density at radius 1 is 0.357 bits per heavy atom. The first-order chi connectivity index (χ1) is 34.3. The monoisotopic (exact) mass is 923 g/mol. The van der Waals surface area contributed by atoms with Crippen LogP contribution in [0.5, 0.6) is 11.5 Å². The van der Waals surface area contributed by atoms with Gasteiger partial charge in [0.1, 0.15) is 11.5 Å². The van der Waals surface area contributed by atoms with Crippen molar-refractivity contribution in [3.63, 3.8) is 0 Å². The van der Waals surface area contributed by atoms with Gasteiger partial charge in [0.05, 0.1) is 18.6 Å². The van der Waals surface area contributed by atoms with Crippen LogP contribution in [-0.4, -0.2) is 13.2 Å². The molecular weight excluding hydrogens is 853 g/mol. The van der Waals surface area contributed by atoms with Crippen LogP contribution >= 0.6 is 0 Å². The third kappa shape index (κ3) is 10.1. The molecule has 70 heavy (non-hydrogen) atoms. The Labute approximate surface area is 418 Å². The number of rotatable bonds is 21. The summed E-state index contributed by atoms with van der Waals surface area (Å²) in [7, 11) is 0. The minimum absolute atomic E-state index is 0.656. The van der Waals surface area contributed by atoms with Gasteiger partial charge in [0.2, 0.25) is 0 Å². The molecule has 0 amide bonds. The number of aryl methyl sites for hydroxylation is 4. The van der Waals surface area contributed by atoms with Gasteiger partial charge in [-0.3, -0.25) is 0 Å². The van der Waals surface area contributed by atoms with Crippen molar-refractivity contribution in [3.05, 3.63) is 226 Å². The molecule has 1 aliphatic rings. The van der Waals surface area contributed by atoms with E-state index in [0.29, 0.717) is 13.2 Å². The second kappa shape index (κ2) is 22.1. The number of hydrogen-bond donors (Lipinski definition) is 0. The highest BCUT2D eigenvalue weighted by Gasteiger charge is 2.47. The van der Waals surface area contributed by atoms with Crippen molar-refractivity contribution >= 4 is 34.1 Å². The molecule has 1 aliphatic carbocycles. The molecule has 0 saturated carbocycles. The molecule has 0 aliphatic heterocycles. The number of unbranched alkanes of at least 4 members (excludes halogenated alkanes) is 5. The summed E-state index contributed by atoms with van der Waals surface area (Å²) in [5.74, 6) is 1.79. The van der Waals surface area contributed by atoms with Crippen molar-refractivity contribution in [2.45, 2.75) is 105 Å². The Bertz CT molecular complexity index is 2780. The van der Waals surface area contributed by atoms with Gasteiger partial charge in [-0.1, -0.05) is 154 Å². The summed E-state index contributed by atoms with van der Waals surface area (Å²) in [5, 5.41) is 0. The molecule has 8 aromatic carbocycles. The maximum absolute atomic E-state index is 6.16. The summed E-state index contributed by atoms with van der Waals surface area (Å²) in [4.78, 5) is 4.80. The molecule has 0 N–H and O–H groups in total. The third-order valence-corrected chi connectivity index (χ3v) is 14.1. The fraction of sp³-hybridized carbons (Fsp3) is 0.273. The second-order valence-corrected chi connectivity index (χ2v) is 19.3. The van der Waals surface area contributed by atoms with E-state index in [9.17, 15) is 0 Å². The van der Waals surface area contributed by atoms with Crippen molar-refractivity contribution < 1.29 is 9.47 Å². The van der Waals surface area contributed by atoms with E-state index >= 15 is 0 Å². The molecule has 0 unspecified atom stereocenters. The van der Waals surface area contributed by atoms with Crippen LogP contribution in [0, 0.1) is 20.8 Å². The lowest BCUT2D eigenvalue weighted by Gasteiger charge is -2.36. The molecule has 4 heteroatoms. The van der Waals surface area contributed by atoms with Gasteiger partial charge in [0.25, 0.3) is 0 Å². The molecule has 0 atom stereocenters. The molecule has 0 fully saturated rings. The van der Waals surface area contributed by atoms with Crippen molar-refractivity contribution in [2.24, 2.45) is 0 Å². The van der Waals surface area contributed by atoms with Crippen LogP contribution in [0.15, 0.2) is 182 Å². The van der Waals surface area contributed by atoms with E-state index in [2.05, 4.69) is 233 Å². The number of ether oxygens (including phenoxy) is 2. The molecule has 0 heterocycles. The van der Waals surface area contributed by atoms with E-state index in [1.807, 2.05) is 0 Å². The van der Waals surface area contributed by atoms with Crippen LogP contribution < -0.4 is 19.3 Å². The lowest BCUT2D eigenvalue weighted by atomic mass is 9.67. The standard InChI is InChI=1S/C66H70N2O2/c1-7-10-13-14-15-51-22-26-53(27-23-51)66(52-24-16-48(4)17-25-52)64-46-58(67(54-28-18-49(5)19-29-54)56-32-38-60(39-33-56)69-44-11-8-2)36-42-62(64)63-43-37-59(47-65(63)66)68(55-30-20-50(6)21-31-55)57-34-40-61(41-35-57)70-45-12-9-3/h16-43,46-47H,7-15,44-45H2,1-6H3. The third-order valence-electron chi connectivity index (χ3n) is 14.1. The highest BCUT2D eigenvalue weighted by Crippen LogP contribution is 2.58. The molecular formula is C66H70N2O2. The van der Waals surface area contributed by atoms with Crippen molar-refractivity contribution in [2.75, 3.05) is 23.0 Å². The zero-order valence-electron chi connectivity index (χ0n) is 42.3. The molecule has 0 spiro atoms. The lowest BCUT2D eigenvalue weighted by molar-refractivity contribution is 0.309. The van der Waals surface area contributed by atoms with Gasteiger partial charge in [0, 0.05) is 34.1 Å². The minimum Gasteiger partial charge on any atom is -0.494 e. The Morgan fingerprint density at radius 2 is 0.714 bits per heavy atom. The van der Waals surface area contributed by atoms with Gasteiger partial charge in [-0.05, 0) is 182 Å². The lowest BCUT2D eigenvalue weighted by Crippen LogP contribution is -2.29. The van der Waals surface area contributed by atoms with E-state index in [4.69, 9.17) is 9.47 Å². The number of hydrogen-bond acceptors (Lipinski definition) is 4. The van der Waals surface area contributed by atoms with Gasteiger partial charge in [-0.2, -0.15) is 0 Å². The molecule has 0 radical (unpaired) electrons. The Morgan fingerprint density at radius 3 is 1.11 bits per heavy atom. The number of anilines is 6. The maximum atomic E-state index is 6.16. The fourth-order valence-corrected chi connectivity index (χ4v) is 10.2. The predicted molar refractivity (Wildman–Crippen MR) is 296 cm³/mol. The quantitative estimate of drug-likeness (QED) is 0.0671. The van der Waals surface area contributed by atoms with E-state index in [-0.39, 0.29) is 0 Å². The summed E-state index contributed by atoms with van der Waals surface area (Å²) in [6.07, 6.45) is 10.3. The van der Waals surface area contributed by atoms with E-state index in [1.165, 1.54) is 81.3 Å². The average molecular weight is 923 g/mol. The van der Waals surface area contributed by atoms with Crippen molar-refractivity contribution in [1.82, 2.24) is 0 Å². The van der Waals surface area contributed by atoms with Crippen molar-refractivity contribution in [1.29, 1.82) is 0 Å². The number of benzene rings is 8. The minimum atomic E-state index is -0.656. The Kier molecular flexibility index (Phi) is 15.2. The first-order valence-corrected chi connectivity index (χ1v) is 26.0. The molecule has 9 rings (SSSR count). The first-order valence-electron chi connectivity index (χ1n) is 26.0. The smallest absolute Gasteiger partial charge is 0.119 e. The van der Waals surface area contributed by atoms with E-state index in [0.717, 1.165) is 77.7 Å². The van der Waals surface area contributed by atoms with Crippen LogP contribution in [-0.2, 0) is 11.8 Å². The SMILES string of the molecule is CCCCCCc1ccc(C2(c3ccc(C)cc3)c3cc(N(c4ccc(C)cc4)c4ccc(OCCCC)cc4)ccc3-c3ccc(N(c4ccc(C)cc4)c4ccc(OCCCC)cc4)cc32)cc1. The summed E-state index contributed by atoms with van der Waals surface area (Å²) < 4.78 is 12.3. The van der Waals surface area contributed by atoms with Gasteiger partial charge in [0.15, 0.2) is 0 Å². The van der Waals surface area contributed by atoms with Crippen molar-refractivity contribution in [3.8, 4) is 22.6 Å². The molecule has 0 bridgehead atoms. The van der Waals surface area contributed by atoms with Crippen LogP contribution in [0.25, 0.3) is 11.1 Å². The fourth-order valence-electron chi connectivity index (χ4n) is 10.2. The highest BCUT2D eigenvalue weighted by atomic mass is 16.5. The normalized spacial score (nSPS) is 12.3. The zero-order chi connectivity index (χ0) is 48.5. The Balaban J connectivity index is 1.26. The summed E-state index contributed by atoms with van der Waals surface area (Å²) in [6.45, 7) is 14.6. The maximum Gasteiger partial charge on any atom is 0.119 e. The van der Waals surface area contributed by atoms with E-state index in [1.54, 1.807) is 0 Å². The van der Waals surface area contributed by atoms with Crippen LogP contribution in [0.3, 0.4) is 0 Å². The highest BCUT2D eigenvalue weighted by molar-refractivity contribution is 5.92. The average Bonchev–Trinajstić information content (AvgIpc) is 3.67. The Hall–Kier alpha value is -7.04. The molecule has 4 nitrogen and oxygen atoms in total. The first kappa shape index (κ1) is 48.0. The van der Waals surface area contributed by atoms with E-state index < -0.39 is 5.41 Å². The van der Waals surface area contributed by atoms with Gasteiger partial charge >= 0.3 is 0 Å². The molecule has 356 valence electrons. The predicted octanol–water partition coefficient (Wildman–Crippen LogP) is 18.4. The summed E-state index contributed by atoms with van der Waals surface area (Å²) in [5.41, 5.74) is 18.5. The summed E-state index contributed by atoms with van der Waals surface area (Å²) in [6, 6.07) is 68.4.